The number of aromatic nitrogens is 1. The fourth-order valence-corrected chi connectivity index (χ4v) is 5.62. The molecular formula is C26H30ClN3O4. The van der Waals surface area contributed by atoms with Crippen molar-refractivity contribution in [2.75, 3.05) is 12.0 Å². The van der Waals surface area contributed by atoms with E-state index in [2.05, 4.69) is 5.32 Å². The minimum atomic E-state index is -1.16. The number of ether oxygens (including phenoxy) is 1. The minimum Gasteiger partial charge on any atom is -0.495 e. The molecule has 1 aliphatic carbocycles. The molecule has 0 radical (unpaired) electrons. The number of fused-ring (bicyclic) bond motifs is 3. The van der Waals surface area contributed by atoms with Gasteiger partial charge in [0.1, 0.15) is 22.7 Å². The molecule has 34 heavy (non-hydrogen) atoms. The van der Waals surface area contributed by atoms with E-state index in [9.17, 15) is 9.59 Å². The Morgan fingerprint density at radius 2 is 1.91 bits per heavy atom. The number of benzene rings is 1. The number of carbonyl (C=O) groups is 2. The number of aryl methyl sites for hydroxylation is 1. The number of nitrogens with zero attached hydrogens (tertiary/aromatic N) is 2. The van der Waals surface area contributed by atoms with Crippen molar-refractivity contribution < 1.29 is 18.7 Å². The molecule has 2 aliphatic rings. The predicted molar refractivity (Wildman–Crippen MR) is 132 cm³/mol. The summed E-state index contributed by atoms with van der Waals surface area (Å²) in [6.45, 7) is 4.01. The highest BCUT2D eigenvalue weighted by Crippen LogP contribution is 2.39. The van der Waals surface area contributed by atoms with E-state index in [4.69, 9.17) is 20.8 Å². The van der Waals surface area contributed by atoms with Crippen molar-refractivity contribution in [2.45, 2.75) is 70.5 Å². The molecule has 5 rings (SSSR count). The van der Waals surface area contributed by atoms with E-state index in [1.165, 1.54) is 12.8 Å². The Morgan fingerprint density at radius 3 is 2.59 bits per heavy atom. The van der Waals surface area contributed by atoms with Crippen LogP contribution in [-0.2, 0) is 11.3 Å². The van der Waals surface area contributed by atoms with Crippen LogP contribution < -0.4 is 15.0 Å². The Bertz CT molecular complexity index is 1250. The first kappa shape index (κ1) is 22.8. The maximum atomic E-state index is 13.9. The molecule has 2 aromatic heterocycles. The summed E-state index contributed by atoms with van der Waals surface area (Å²) < 4.78 is 13.0. The van der Waals surface area contributed by atoms with Crippen LogP contribution in [0.1, 0.15) is 61.7 Å². The van der Waals surface area contributed by atoms with Gasteiger partial charge < -0.3 is 19.0 Å². The monoisotopic (exact) mass is 483 g/mol. The summed E-state index contributed by atoms with van der Waals surface area (Å²) in [4.78, 5) is 29.4. The Labute approximate surface area is 204 Å². The van der Waals surface area contributed by atoms with Crippen LogP contribution >= 0.6 is 11.6 Å². The number of carbonyl (C=O) groups excluding carboxylic acids is 2. The zero-order chi connectivity index (χ0) is 24.0. The zero-order valence-corrected chi connectivity index (χ0v) is 20.6. The Balaban J connectivity index is 1.59. The van der Waals surface area contributed by atoms with Crippen LogP contribution in [0.3, 0.4) is 0 Å². The zero-order valence-electron chi connectivity index (χ0n) is 19.8. The van der Waals surface area contributed by atoms with Gasteiger partial charge in [0, 0.05) is 23.9 Å². The van der Waals surface area contributed by atoms with E-state index in [1.54, 1.807) is 36.3 Å². The van der Waals surface area contributed by atoms with E-state index in [1.807, 2.05) is 24.5 Å². The highest BCUT2D eigenvalue weighted by Gasteiger charge is 2.49. The molecule has 2 amide bonds. The number of methoxy groups -OCH3 is 1. The lowest BCUT2D eigenvalue weighted by Gasteiger charge is -2.44. The van der Waals surface area contributed by atoms with Gasteiger partial charge in [0.2, 0.25) is 5.91 Å². The second kappa shape index (κ2) is 8.69. The summed E-state index contributed by atoms with van der Waals surface area (Å²) >= 11 is 6.42. The minimum absolute atomic E-state index is 0.116. The van der Waals surface area contributed by atoms with Crippen LogP contribution in [0.2, 0.25) is 5.02 Å². The fraction of sp³-hybridized carbons (Fsp3) is 0.462. The largest absolute Gasteiger partial charge is 0.495 e. The van der Waals surface area contributed by atoms with Crippen molar-refractivity contribution in [1.82, 2.24) is 9.88 Å². The second-order valence-electron chi connectivity index (χ2n) is 9.62. The summed E-state index contributed by atoms with van der Waals surface area (Å²) in [6.07, 6.45) is 6.53. The predicted octanol–water partition coefficient (Wildman–Crippen LogP) is 5.46. The highest BCUT2D eigenvalue weighted by molar-refractivity contribution is 6.32. The Hall–Kier alpha value is -2.93. The number of furan rings is 1. The van der Waals surface area contributed by atoms with Gasteiger partial charge in [0.05, 0.1) is 24.2 Å². The molecule has 0 saturated heterocycles. The van der Waals surface area contributed by atoms with Gasteiger partial charge in [0.25, 0.3) is 5.91 Å². The Morgan fingerprint density at radius 1 is 1.18 bits per heavy atom. The summed E-state index contributed by atoms with van der Waals surface area (Å²) in [7, 11) is 1.54. The summed E-state index contributed by atoms with van der Waals surface area (Å²) in [5.41, 5.74) is 1.34. The van der Waals surface area contributed by atoms with E-state index >= 15 is 0 Å². The number of amides is 2. The van der Waals surface area contributed by atoms with Crippen LogP contribution in [0, 0.1) is 6.92 Å². The molecule has 1 fully saturated rings. The van der Waals surface area contributed by atoms with Crippen molar-refractivity contribution in [2.24, 2.45) is 0 Å². The lowest BCUT2D eigenvalue weighted by molar-refractivity contribution is -0.127. The van der Waals surface area contributed by atoms with Gasteiger partial charge in [-0.3, -0.25) is 14.5 Å². The van der Waals surface area contributed by atoms with Gasteiger partial charge in [-0.15, -0.1) is 0 Å². The second-order valence-corrected chi connectivity index (χ2v) is 10.0. The van der Waals surface area contributed by atoms with Crippen molar-refractivity contribution in [3.8, 4) is 5.75 Å². The smallest absolute Gasteiger partial charge is 0.276 e. The average Bonchev–Trinajstić information content (AvgIpc) is 3.19. The van der Waals surface area contributed by atoms with Crippen molar-refractivity contribution in [3.63, 3.8) is 0 Å². The van der Waals surface area contributed by atoms with Crippen molar-refractivity contribution >= 4 is 40.2 Å². The topological polar surface area (TPSA) is 76.7 Å². The maximum Gasteiger partial charge on any atom is 0.276 e. The summed E-state index contributed by atoms with van der Waals surface area (Å²) in [6, 6.07) is 8.96. The number of halogens is 1. The average molecular weight is 484 g/mol. The molecule has 0 spiro atoms. The first-order chi connectivity index (χ1) is 16.3. The van der Waals surface area contributed by atoms with Crippen LogP contribution in [0.15, 0.2) is 34.7 Å². The molecule has 8 heteroatoms. The molecule has 3 heterocycles. The quantitative estimate of drug-likeness (QED) is 0.500. The lowest BCUT2D eigenvalue weighted by atomic mass is 9.92. The van der Waals surface area contributed by atoms with E-state index in [-0.39, 0.29) is 17.9 Å². The van der Waals surface area contributed by atoms with E-state index in [0.717, 1.165) is 37.0 Å². The van der Waals surface area contributed by atoms with Gasteiger partial charge >= 0.3 is 0 Å². The van der Waals surface area contributed by atoms with Crippen molar-refractivity contribution in [3.05, 3.63) is 46.8 Å². The number of hydrogen-bond donors (Lipinski definition) is 1. The molecule has 1 N–H and O–H groups in total. The SMILES string of the molecule is COc1ccc(N2C(=O)c3cc4oc(C)cc4n3C[C@@]2(C)C(=O)NC2CCCCCC2)cc1Cl. The lowest BCUT2D eigenvalue weighted by Crippen LogP contribution is -2.65. The van der Waals surface area contributed by atoms with E-state index < -0.39 is 5.54 Å². The van der Waals surface area contributed by atoms with Gasteiger partial charge in [-0.1, -0.05) is 37.3 Å². The molecular weight excluding hydrogens is 454 g/mol. The van der Waals surface area contributed by atoms with E-state index in [0.29, 0.717) is 34.3 Å². The number of anilines is 1. The highest BCUT2D eigenvalue weighted by atomic mass is 35.5. The van der Waals surface area contributed by atoms with Crippen molar-refractivity contribution in [1.29, 1.82) is 0 Å². The standard InChI is InChI=1S/C26H30ClN3O4/c1-16-12-20-23(34-16)14-21-24(31)30(18-10-11-22(33-3)19(27)13-18)26(2,15-29(20)21)25(32)28-17-8-6-4-5-7-9-17/h10-14,17H,4-9,15H2,1-3H3,(H,28,32)/t26-/m0/s1. The van der Waals surface area contributed by atoms with Crippen LogP contribution in [0.4, 0.5) is 5.69 Å². The molecule has 7 nitrogen and oxygen atoms in total. The third kappa shape index (κ3) is 3.76. The fourth-order valence-electron chi connectivity index (χ4n) is 5.36. The van der Waals surface area contributed by atoms with Gasteiger partial charge in [-0.05, 0) is 44.9 Å². The summed E-state index contributed by atoms with van der Waals surface area (Å²) in [5, 5.41) is 3.65. The summed E-state index contributed by atoms with van der Waals surface area (Å²) in [5.74, 6) is 0.847. The van der Waals surface area contributed by atoms with Gasteiger partial charge in [0.15, 0.2) is 5.58 Å². The number of hydrogen-bond acceptors (Lipinski definition) is 4. The molecule has 1 aliphatic heterocycles. The molecule has 180 valence electrons. The first-order valence-corrected chi connectivity index (χ1v) is 12.3. The number of nitrogens with one attached hydrogen (secondary N) is 1. The third-order valence-electron chi connectivity index (χ3n) is 7.17. The first-order valence-electron chi connectivity index (χ1n) is 11.9. The Kier molecular flexibility index (Phi) is 5.84. The number of rotatable bonds is 4. The molecule has 1 aromatic carbocycles. The maximum absolute atomic E-state index is 13.9. The normalized spacial score (nSPS) is 21.4. The third-order valence-corrected chi connectivity index (χ3v) is 7.46. The molecule has 3 aromatic rings. The molecule has 0 unspecified atom stereocenters. The van der Waals surface area contributed by atoms with Crippen LogP contribution in [0.5, 0.6) is 5.75 Å². The van der Waals surface area contributed by atoms with Gasteiger partial charge in [-0.2, -0.15) is 0 Å². The molecule has 1 atom stereocenters. The molecule has 0 bridgehead atoms. The van der Waals surface area contributed by atoms with Crippen LogP contribution in [0.25, 0.3) is 11.1 Å². The van der Waals surface area contributed by atoms with Gasteiger partial charge in [-0.25, -0.2) is 0 Å². The van der Waals surface area contributed by atoms with Crippen LogP contribution in [-0.4, -0.2) is 35.1 Å². The molecule has 1 saturated carbocycles.